The highest BCUT2D eigenvalue weighted by molar-refractivity contribution is 5.75. The van der Waals surface area contributed by atoms with Gasteiger partial charge >= 0.3 is 6.18 Å². The average molecular weight is 307 g/mol. The molecule has 0 saturated heterocycles. The third kappa shape index (κ3) is 4.73. The first kappa shape index (κ1) is 17.5. The molecule has 5 nitrogen and oxygen atoms in total. The largest absolute Gasteiger partial charge is 0.435 e. The number of hydrogen-bond donors (Lipinski definition) is 2. The average Bonchev–Trinajstić information content (AvgIpc) is 2.89. The second-order valence-electron chi connectivity index (χ2n) is 5.04. The van der Waals surface area contributed by atoms with Gasteiger partial charge in [-0.1, -0.05) is 13.8 Å². The predicted molar refractivity (Wildman–Crippen MR) is 70.3 cm³/mol. The zero-order valence-electron chi connectivity index (χ0n) is 12.1. The Balaban J connectivity index is 2.56. The van der Waals surface area contributed by atoms with E-state index in [9.17, 15) is 23.1 Å². The van der Waals surface area contributed by atoms with Gasteiger partial charge in [0.05, 0.1) is 6.61 Å². The van der Waals surface area contributed by atoms with Crippen molar-refractivity contribution in [1.82, 2.24) is 15.1 Å². The van der Waals surface area contributed by atoms with E-state index in [4.69, 9.17) is 0 Å². The minimum atomic E-state index is -4.52. The summed E-state index contributed by atoms with van der Waals surface area (Å²) >= 11 is 0. The van der Waals surface area contributed by atoms with Crippen LogP contribution in [0.5, 0.6) is 0 Å². The SMILES string of the molecule is CCC(CC)(CO)CNC(=O)Cn1ccc(C(F)(F)F)n1. The first-order valence-electron chi connectivity index (χ1n) is 6.74. The van der Waals surface area contributed by atoms with E-state index in [0.29, 0.717) is 12.8 Å². The van der Waals surface area contributed by atoms with Crippen LogP contribution in [0.15, 0.2) is 12.3 Å². The molecule has 1 aromatic heterocycles. The third-order valence-electron chi connectivity index (χ3n) is 3.73. The quantitative estimate of drug-likeness (QED) is 0.807. The highest BCUT2D eigenvalue weighted by atomic mass is 19.4. The Morgan fingerprint density at radius 1 is 1.38 bits per heavy atom. The van der Waals surface area contributed by atoms with E-state index in [2.05, 4.69) is 10.4 Å². The maximum absolute atomic E-state index is 12.4. The molecule has 0 radical (unpaired) electrons. The number of amides is 1. The molecular weight excluding hydrogens is 287 g/mol. The molecule has 0 unspecified atom stereocenters. The van der Waals surface area contributed by atoms with Crippen molar-refractivity contribution in [3.05, 3.63) is 18.0 Å². The number of nitrogens with one attached hydrogen (secondary N) is 1. The van der Waals surface area contributed by atoms with Crippen molar-refractivity contribution < 1.29 is 23.1 Å². The van der Waals surface area contributed by atoms with Gasteiger partial charge in [0, 0.05) is 18.2 Å². The van der Waals surface area contributed by atoms with Crippen LogP contribution in [0.2, 0.25) is 0 Å². The maximum Gasteiger partial charge on any atom is 0.435 e. The Morgan fingerprint density at radius 2 is 2.00 bits per heavy atom. The number of nitrogens with zero attached hydrogens (tertiary/aromatic N) is 2. The van der Waals surface area contributed by atoms with Gasteiger partial charge in [-0.25, -0.2) is 0 Å². The maximum atomic E-state index is 12.4. The van der Waals surface area contributed by atoms with Gasteiger partial charge in [-0.3, -0.25) is 9.48 Å². The third-order valence-corrected chi connectivity index (χ3v) is 3.73. The first-order chi connectivity index (χ1) is 9.76. The van der Waals surface area contributed by atoms with Gasteiger partial charge in [-0.05, 0) is 18.9 Å². The van der Waals surface area contributed by atoms with Crippen molar-refractivity contribution in [1.29, 1.82) is 0 Å². The molecule has 0 bridgehead atoms. The standard InChI is InChI=1S/C13H20F3N3O2/c1-3-12(4-2,9-20)8-17-11(21)7-19-6-5-10(18-19)13(14,15)16/h5-6,20H,3-4,7-9H2,1-2H3,(H,17,21). The highest BCUT2D eigenvalue weighted by Crippen LogP contribution is 2.27. The summed E-state index contributed by atoms with van der Waals surface area (Å²) in [6, 6.07) is 0.823. The first-order valence-corrected chi connectivity index (χ1v) is 6.74. The van der Waals surface area contributed by atoms with Crippen molar-refractivity contribution in [2.75, 3.05) is 13.2 Å². The molecule has 120 valence electrons. The van der Waals surface area contributed by atoms with Crippen LogP contribution in [0, 0.1) is 5.41 Å². The Hall–Kier alpha value is -1.57. The van der Waals surface area contributed by atoms with Crippen LogP contribution in [-0.4, -0.2) is 33.9 Å². The summed E-state index contributed by atoms with van der Waals surface area (Å²) in [5.74, 6) is -0.438. The second kappa shape index (κ2) is 6.93. The summed E-state index contributed by atoms with van der Waals surface area (Å²) in [5, 5.41) is 15.3. The lowest BCUT2D eigenvalue weighted by Gasteiger charge is -2.29. The number of halogens is 3. The van der Waals surface area contributed by atoms with E-state index < -0.39 is 23.2 Å². The van der Waals surface area contributed by atoms with E-state index in [1.807, 2.05) is 13.8 Å². The molecule has 0 saturated carbocycles. The summed E-state index contributed by atoms with van der Waals surface area (Å²) < 4.78 is 38.1. The Kier molecular flexibility index (Phi) is 5.77. The van der Waals surface area contributed by atoms with Crippen LogP contribution >= 0.6 is 0 Å². The van der Waals surface area contributed by atoms with Gasteiger partial charge in [0.15, 0.2) is 5.69 Å². The summed E-state index contributed by atoms with van der Waals surface area (Å²) in [5.41, 5.74) is -1.42. The Labute approximate surface area is 121 Å². The molecule has 0 aromatic carbocycles. The molecule has 0 spiro atoms. The minimum Gasteiger partial charge on any atom is -0.396 e. The van der Waals surface area contributed by atoms with Crippen molar-refractivity contribution >= 4 is 5.91 Å². The molecule has 8 heteroatoms. The van der Waals surface area contributed by atoms with Crippen LogP contribution in [0.25, 0.3) is 0 Å². The number of aliphatic hydroxyl groups excluding tert-OH is 1. The van der Waals surface area contributed by atoms with Crippen molar-refractivity contribution in [3.63, 3.8) is 0 Å². The number of aliphatic hydroxyl groups is 1. The molecule has 0 aliphatic carbocycles. The number of carbonyl (C=O) groups is 1. The summed E-state index contributed by atoms with van der Waals surface area (Å²) in [7, 11) is 0. The molecule has 0 aliphatic rings. The lowest BCUT2D eigenvalue weighted by atomic mass is 9.83. The van der Waals surface area contributed by atoms with E-state index in [1.54, 1.807) is 0 Å². The lowest BCUT2D eigenvalue weighted by Crippen LogP contribution is -2.40. The molecule has 21 heavy (non-hydrogen) atoms. The van der Waals surface area contributed by atoms with Crippen LogP contribution in [0.3, 0.4) is 0 Å². The number of carbonyl (C=O) groups excluding carboxylic acids is 1. The molecule has 2 N–H and O–H groups in total. The molecular formula is C13H20F3N3O2. The van der Waals surface area contributed by atoms with E-state index >= 15 is 0 Å². The van der Waals surface area contributed by atoms with Gasteiger partial charge < -0.3 is 10.4 Å². The molecule has 0 aliphatic heterocycles. The number of alkyl halides is 3. The monoisotopic (exact) mass is 307 g/mol. The number of hydrogen-bond acceptors (Lipinski definition) is 3. The topological polar surface area (TPSA) is 67.2 Å². The second-order valence-corrected chi connectivity index (χ2v) is 5.04. The van der Waals surface area contributed by atoms with Crippen molar-refractivity contribution in [2.24, 2.45) is 5.41 Å². The van der Waals surface area contributed by atoms with E-state index in [0.717, 1.165) is 16.9 Å². The Morgan fingerprint density at radius 3 is 2.43 bits per heavy atom. The van der Waals surface area contributed by atoms with E-state index in [1.165, 1.54) is 0 Å². The Bertz CT molecular complexity index is 459. The molecule has 0 fully saturated rings. The zero-order valence-corrected chi connectivity index (χ0v) is 12.1. The summed E-state index contributed by atoms with van der Waals surface area (Å²) in [6.07, 6.45) is -2.01. The fraction of sp³-hybridized carbons (Fsp3) is 0.692. The molecule has 1 rings (SSSR count). The molecule has 1 amide bonds. The van der Waals surface area contributed by atoms with Crippen LogP contribution in [0.4, 0.5) is 13.2 Å². The van der Waals surface area contributed by atoms with Crippen LogP contribution in [0.1, 0.15) is 32.4 Å². The summed E-state index contributed by atoms with van der Waals surface area (Å²) in [4.78, 5) is 11.7. The van der Waals surface area contributed by atoms with Gasteiger partial charge in [0.25, 0.3) is 0 Å². The molecule has 0 atom stereocenters. The van der Waals surface area contributed by atoms with Crippen molar-refractivity contribution in [2.45, 2.75) is 39.4 Å². The smallest absolute Gasteiger partial charge is 0.396 e. The summed E-state index contributed by atoms with van der Waals surface area (Å²) in [6.45, 7) is 3.76. The highest BCUT2D eigenvalue weighted by Gasteiger charge is 2.33. The van der Waals surface area contributed by atoms with Gasteiger partial charge in [-0.2, -0.15) is 18.3 Å². The number of rotatable bonds is 7. The van der Waals surface area contributed by atoms with Crippen LogP contribution in [-0.2, 0) is 17.5 Å². The molecule has 1 heterocycles. The number of aromatic nitrogens is 2. The van der Waals surface area contributed by atoms with E-state index in [-0.39, 0.29) is 19.7 Å². The van der Waals surface area contributed by atoms with Gasteiger partial charge in [-0.15, -0.1) is 0 Å². The fourth-order valence-corrected chi connectivity index (χ4v) is 1.87. The molecule has 1 aromatic rings. The fourth-order valence-electron chi connectivity index (χ4n) is 1.87. The minimum absolute atomic E-state index is 0.0553. The predicted octanol–water partition coefficient (Wildman–Crippen LogP) is 1.82. The van der Waals surface area contributed by atoms with Crippen LogP contribution < -0.4 is 5.32 Å². The normalized spacial score (nSPS) is 12.5. The van der Waals surface area contributed by atoms with Crippen molar-refractivity contribution in [3.8, 4) is 0 Å². The van der Waals surface area contributed by atoms with Gasteiger partial charge in [0.1, 0.15) is 6.54 Å². The lowest BCUT2D eigenvalue weighted by molar-refractivity contribution is -0.141. The zero-order chi connectivity index (χ0) is 16.1. The van der Waals surface area contributed by atoms with Gasteiger partial charge in [0.2, 0.25) is 5.91 Å².